The van der Waals surface area contributed by atoms with Crippen LogP contribution in [0.25, 0.3) is 10.9 Å². The summed E-state index contributed by atoms with van der Waals surface area (Å²) in [5.41, 5.74) is 0.958. The normalized spacial score (nSPS) is 12.2. The Hall–Kier alpha value is -2.37. The van der Waals surface area contributed by atoms with Gasteiger partial charge in [0, 0.05) is 18.7 Å². The van der Waals surface area contributed by atoms with Crippen molar-refractivity contribution in [2.45, 2.75) is 33.4 Å². The molecule has 3 rings (SSSR count). The maximum atomic E-state index is 13.1. The van der Waals surface area contributed by atoms with Gasteiger partial charge in [0.05, 0.1) is 27.0 Å². The summed E-state index contributed by atoms with van der Waals surface area (Å²) >= 11 is 12.0. The van der Waals surface area contributed by atoms with E-state index in [1.807, 2.05) is 39.0 Å². The number of hydrogen-bond acceptors (Lipinski definition) is 3. The van der Waals surface area contributed by atoms with E-state index in [1.54, 1.807) is 33.7 Å². The number of benzene rings is 2. The number of hydrogen-bond donors (Lipinski definition) is 0. The van der Waals surface area contributed by atoms with E-state index < -0.39 is 6.04 Å². The summed E-state index contributed by atoms with van der Waals surface area (Å²) in [6, 6.07) is 11.6. The van der Waals surface area contributed by atoms with Gasteiger partial charge in [-0.15, -0.1) is 0 Å². The third-order valence-corrected chi connectivity index (χ3v) is 5.56. The van der Waals surface area contributed by atoms with E-state index in [-0.39, 0.29) is 11.5 Å². The number of carbonyl (C=O) groups excluding carboxylic acids is 1. The Morgan fingerprint density at radius 1 is 1.14 bits per heavy atom. The van der Waals surface area contributed by atoms with Crippen molar-refractivity contribution >= 4 is 40.0 Å². The molecule has 0 aliphatic rings. The summed E-state index contributed by atoms with van der Waals surface area (Å²) in [5, 5.41) is 1.29. The molecule has 3 aromatic rings. The topological polar surface area (TPSA) is 55.2 Å². The Labute approximate surface area is 173 Å². The number of rotatable bonds is 5. The lowest BCUT2D eigenvalue weighted by Gasteiger charge is -2.29. The molecule has 0 fully saturated rings. The second-order valence-corrected chi connectivity index (χ2v) is 7.25. The highest BCUT2D eigenvalue weighted by Gasteiger charge is 2.26. The molecule has 1 atom stereocenters. The summed E-state index contributed by atoms with van der Waals surface area (Å²) < 4.78 is 1.62. The van der Waals surface area contributed by atoms with Crippen molar-refractivity contribution in [3.8, 4) is 0 Å². The van der Waals surface area contributed by atoms with Crippen LogP contribution in [-0.2, 0) is 6.54 Å². The molecular weight excluding hydrogens is 397 g/mol. The fourth-order valence-electron chi connectivity index (χ4n) is 3.34. The molecule has 0 bridgehead atoms. The number of amides is 1. The summed E-state index contributed by atoms with van der Waals surface area (Å²) in [6.07, 6.45) is 0. The van der Waals surface area contributed by atoms with Gasteiger partial charge in [-0.1, -0.05) is 35.3 Å². The molecule has 0 radical (unpaired) electrons. The Balaban J connectivity index is 2.08. The van der Waals surface area contributed by atoms with E-state index in [4.69, 9.17) is 28.2 Å². The molecule has 0 saturated carbocycles. The summed E-state index contributed by atoms with van der Waals surface area (Å²) in [5.74, 6) is 0.361. The molecule has 28 heavy (non-hydrogen) atoms. The van der Waals surface area contributed by atoms with Crippen LogP contribution in [0.4, 0.5) is 0 Å². The molecule has 146 valence electrons. The molecule has 7 heteroatoms. The van der Waals surface area contributed by atoms with Crippen LogP contribution in [0, 0.1) is 0 Å². The Bertz CT molecular complexity index is 1090. The molecule has 1 heterocycles. The first-order valence-corrected chi connectivity index (χ1v) is 9.90. The van der Waals surface area contributed by atoms with E-state index >= 15 is 0 Å². The molecule has 0 spiro atoms. The minimum atomic E-state index is -0.399. The zero-order chi connectivity index (χ0) is 20.4. The third-order valence-electron chi connectivity index (χ3n) is 4.82. The van der Waals surface area contributed by atoms with Gasteiger partial charge >= 0.3 is 0 Å². The molecular formula is C21H21Cl2N3O2. The van der Waals surface area contributed by atoms with Gasteiger partial charge in [0.1, 0.15) is 5.82 Å². The van der Waals surface area contributed by atoms with Crippen molar-refractivity contribution in [1.29, 1.82) is 0 Å². The van der Waals surface area contributed by atoms with Crippen molar-refractivity contribution in [2.75, 3.05) is 6.54 Å². The summed E-state index contributed by atoms with van der Waals surface area (Å²) in [6.45, 7) is 6.58. The van der Waals surface area contributed by atoms with E-state index in [2.05, 4.69) is 0 Å². The Kier molecular flexibility index (Phi) is 6.06. The van der Waals surface area contributed by atoms with Crippen molar-refractivity contribution < 1.29 is 4.79 Å². The van der Waals surface area contributed by atoms with E-state index in [0.717, 1.165) is 0 Å². The number of halogens is 2. The van der Waals surface area contributed by atoms with Gasteiger partial charge in [0.2, 0.25) is 0 Å². The molecule has 0 saturated heterocycles. The molecule has 0 N–H and O–H groups in total. The van der Waals surface area contributed by atoms with Crippen LogP contribution in [-0.4, -0.2) is 26.9 Å². The van der Waals surface area contributed by atoms with E-state index in [9.17, 15) is 9.59 Å². The number of carbonyl (C=O) groups is 1. The van der Waals surface area contributed by atoms with Crippen LogP contribution in [0.15, 0.2) is 47.3 Å². The quantitative estimate of drug-likeness (QED) is 0.590. The van der Waals surface area contributed by atoms with Crippen LogP contribution in [0.5, 0.6) is 0 Å². The van der Waals surface area contributed by atoms with Gasteiger partial charge in [-0.25, -0.2) is 4.98 Å². The van der Waals surface area contributed by atoms with Crippen LogP contribution in [0.3, 0.4) is 0 Å². The van der Waals surface area contributed by atoms with Crippen LogP contribution >= 0.6 is 23.2 Å². The first kappa shape index (κ1) is 20.4. The Morgan fingerprint density at radius 3 is 2.50 bits per heavy atom. The summed E-state index contributed by atoms with van der Waals surface area (Å²) in [4.78, 5) is 32.4. The molecule has 2 aromatic carbocycles. The SMILES string of the molecule is CCN(C(=O)c1ccc(Cl)c(Cl)c1)C(C)c1nc2ccccc2c(=O)n1CC. The largest absolute Gasteiger partial charge is 0.329 e. The molecule has 0 aliphatic carbocycles. The molecule has 1 aromatic heterocycles. The fourth-order valence-corrected chi connectivity index (χ4v) is 3.64. The molecule has 1 amide bonds. The van der Waals surface area contributed by atoms with Crippen LogP contribution in [0.2, 0.25) is 10.0 Å². The monoisotopic (exact) mass is 417 g/mol. The Morgan fingerprint density at radius 2 is 1.86 bits per heavy atom. The third kappa shape index (κ3) is 3.64. The van der Waals surface area contributed by atoms with Crippen LogP contribution < -0.4 is 5.56 Å². The number of fused-ring (bicyclic) bond motifs is 1. The minimum absolute atomic E-state index is 0.104. The number of aromatic nitrogens is 2. The van der Waals surface area contributed by atoms with Crippen molar-refractivity contribution in [3.63, 3.8) is 0 Å². The number of para-hydroxylation sites is 1. The van der Waals surface area contributed by atoms with Gasteiger partial charge in [0.25, 0.3) is 11.5 Å². The van der Waals surface area contributed by atoms with Gasteiger partial charge < -0.3 is 4.90 Å². The van der Waals surface area contributed by atoms with Gasteiger partial charge in [-0.3, -0.25) is 14.2 Å². The lowest BCUT2D eigenvalue weighted by atomic mass is 10.1. The zero-order valence-corrected chi connectivity index (χ0v) is 17.5. The number of nitrogens with zero attached hydrogens (tertiary/aromatic N) is 3. The molecule has 1 unspecified atom stereocenters. The molecule has 5 nitrogen and oxygen atoms in total. The van der Waals surface area contributed by atoms with Crippen molar-refractivity contribution in [3.05, 3.63) is 74.3 Å². The maximum Gasteiger partial charge on any atom is 0.261 e. The molecule has 0 aliphatic heterocycles. The lowest BCUT2D eigenvalue weighted by molar-refractivity contribution is 0.0691. The first-order valence-electron chi connectivity index (χ1n) is 9.14. The van der Waals surface area contributed by atoms with Crippen molar-refractivity contribution in [2.24, 2.45) is 0 Å². The van der Waals surface area contributed by atoms with E-state index in [0.29, 0.717) is 45.4 Å². The van der Waals surface area contributed by atoms with Gasteiger partial charge in [0.15, 0.2) is 0 Å². The highest BCUT2D eigenvalue weighted by atomic mass is 35.5. The standard InChI is InChI=1S/C21H21Cl2N3O2/c1-4-25(20(27)14-10-11-16(22)17(23)12-14)13(3)19-24-18-9-7-6-8-15(18)21(28)26(19)5-2/h6-13H,4-5H2,1-3H3. The maximum absolute atomic E-state index is 13.1. The minimum Gasteiger partial charge on any atom is -0.329 e. The van der Waals surface area contributed by atoms with Gasteiger partial charge in [-0.2, -0.15) is 0 Å². The predicted octanol–water partition coefficient (Wildman–Crippen LogP) is 4.95. The average molecular weight is 418 g/mol. The average Bonchev–Trinajstić information content (AvgIpc) is 2.70. The fraction of sp³-hybridized carbons (Fsp3) is 0.286. The van der Waals surface area contributed by atoms with Crippen molar-refractivity contribution in [1.82, 2.24) is 14.5 Å². The highest BCUT2D eigenvalue weighted by molar-refractivity contribution is 6.42. The second-order valence-electron chi connectivity index (χ2n) is 6.43. The van der Waals surface area contributed by atoms with E-state index in [1.165, 1.54) is 0 Å². The summed E-state index contributed by atoms with van der Waals surface area (Å²) in [7, 11) is 0. The zero-order valence-electron chi connectivity index (χ0n) is 15.9. The van der Waals surface area contributed by atoms with Crippen LogP contribution in [0.1, 0.15) is 43.0 Å². The second kappa shape index (κ2) is 8.33. The first-order chi connectivity index (χ1) is 13.4. The lowest BCUT2D eigenvalue weighted by Crippen LogP contribution is -2.37. The predicted molar refractivity (Wildman–Crippen MR) is 113 cm³/mol. The van der Waals surface area contributed by atoms with Gasteiger partial charge in [-0.05, 0) is 51.1 Å². The highest BCUT2D eigenvalue weighted by Crippen LogP contribution is 2.26. The smallest absolute Gasteiger partial charge is 0.261 e.